The quantitative estimate of drug-likeness (QED) is 0.668. The van der Waals surface area contributed by atoms with Crippen LogP contribution in [0, 0.1) is 22.2 Å². The Morgan fingerprint density at radius 2 is 1.89 bits per heavy atom. The molecule has 3 rings (SSSR count). The molecule has 96 valence electrons. The van der Waals surface area contributed by atoms with Crippen LogP contribution in [0.1, 0.15) is 38.5 Å². The predicted octanol–water partition coefficient (Wildman–Crippen LogP) is 2.77. The highest BCUT2D eigenvalue weighted by molar-refractivity contribution is 5.65. The van der Waals surface area contributed by atoms with E-state index >= 15 is 0 Å². The first kappa shape index (κ1) is 11.6. The molecule has 3 fully saturated rings. The third-order valence-corrected chi connectivity index (χ3v) is 5.07. The Kier molecular flexibility index (Phi) is 2.41. The first-order valence-electron chi connectivity index (χ1n) is 6.62. The van der Waals surface area contributed by atoms with Crippen LogP contribution in [-0.4, -0.2) is 29.2 Å². The van der Waals surface area contributed by atoms with Gasteiger partial charge in [-0.25, -0.2) is 4.79 Å². The lowest BCUT2D eigenvalue weighted by Gasteiger charge is -2.64. The van der Waals surface area contributed by atoms with E-state index in [-0.39, 0.29) is 0 Å². The van der Waals surface area contributed by atoms with Crippen LogP contribution < -0.4 is 0 Å². The van der Waals surface area contributed by atoms with E-state index in [1.807, 2.05) is 0 Å². The maximum Gasteiger partial charge on any atom is 0.407 e. The minimum absolute atomic E-state index is 0.421. The van der Waals surface area contributed by atoms with Crippen molar-refractivity contribution < 1.29 is 9.90 Å². The Balaban J connectivity index is 1.53. The lowest BCUT2D eigenvalue weighted by atomic mass is 9.42. The Morgan fingerprint density at radius 3 is 2.39 bits per heavy atom. The summed E-state index contributed by atoms with van der Waals surface area (Å²) in [6.45, 7) is 1.40. The van der Waals surface area contributed by atoms with E-state index in [0.29, 0.717) is 23.9 Å². The van der Waals surface area contributed by atoms with Crippen LogP contribution in [0.3, 0.4) is 0 Å². The van der Waals surface area contributed by atoms with Crippen LogP contribution in [0.2, 0.25) is 0 Å². The highest BCUT2D eigenvalue weighted by Gasteiger charge is 2.58. The molecule has 4 heteroatoms. The Hall–Kier alpha value is -1.50. The monoisotopic (exact) mass is 246 g/mol. The molecule has 0 bridgehead atoms. The molecule has 1 heterocycles. The van der Waals surface area contributed by atoms with Gasteiger partial charge < -0.3 is 10.0 Å². The Labute approximate surface area is 107 Å². The number of carbonyl (C=O) groups is 1. The van der Waals surface area contributed by atoms with Crippen LogP contribution in [0.4, 0.5) is 4.79 Å². The second-order valence-electron chi connectivity index (χ2n) is 6.41. The van der Waals surface area contributed by atoms with Crippen LogP contribution in [0.5, 0.6) is 0 Å². The molecule has 18 heavy (non-hydrogen) atoms. The molecule has 2 aliphatic carbocycles. The van der Waals surface area contributed by atoms with Gasteiger partial charge in [0.15, 0.2) is 0 Å². The highest BCUT2D eigenvalue weighted by Crippen LogP contribution is 2.68. The number of piperidine rings is 1. The summed E-state index contributed by atoms with van der Waals surface area (Å²) in [7, 11) is 0. The van der Waals surface area contributed by atoms with E-state index in [1.165, 1.54) is 23.3 Å². The van der Waals surface area contributed by atoms with Gasteiger partial charge in [0.25, 0.3) is 0 Å². The summed E-state index contributed by atoms with van der Waals surface area (Å²) in [5.74, 6) is 0. The van der Waals surface area contributed by atoms with Gasteiger partial charge in [-0.3, -0.25) is 0 Å². The molecule has 0 aromatic rings. The van der Waals surface area contributed by atoms with E-state index in [1.54, 1.807) is 6.08 Å². The van der Waals surface area contributed by atoms with Crippen molar-refractivity contribution >= 4 is 6.09 Å². The van der Waals surface area contributed by atoms with Gasteiger partial charge >= 0.3 is 6.09 Å². The number of carboxylic acid groups (broad SMARTS) is 1. The molecular weight excluding hydrogens is 228 g/mol. The molecule has 0 atom stereocenters. The minimum Gasteiger partial charge on any atom is -0.465 e. The van der Waals surface area contributed by atoms with Crippen molar-refractivity contribution in [3.8, 4) is 6.07 Å². The molecular formula is C14H18N2O2. The van der Waals surface area contributed by atoms with Crippen molar-refractivity contribution in [3.63, 3.8) is 0 Å². The molecule has 2 saturated carbocycles. The molecule has 1 N–H and O–H groups in total. The van der Waals surface area contributed by atoms with E-state index in [0.717, 1.165) is 25.7 Å². The van der Waals surface area contributed by atoms with E-state index in [4.69, 9.17) is 10.4 Å². The summed E-state index contributed by atoms with van der Waals surface area (Å²) in [6, 6.07) is 2.11. The fourth-order valence-corrected chi connectivity index (χ4v) is 4.42. The predicted molar refractivity (Wildman–Crippen MR) is 65.9 cm³/mol. The van der Waals surface area contributed by atoms with Gasteiger partial charge in [0.05, 0.1) is 6.07 Å². The number of allylic oxidation sites excluding steroid dienone is 2. The van der Waals surface area contributed by atoms with Gasteiger partial charge in [-0.05, 0) is 49.4 Å². The fraction of sp³-hybridized carbons (Fsp3) is 0.714. The van der Waals surface area contributed by atoms with Crippen molar-refractivity contribution in [2.75, 3.05) is 13.1 Å². The average Bonchev–Trinajstić information content (AvgIpc) is 2.25. The van der Waals surface area contributed by atoms with Crippen LogP contribution >= 0.6 is 0 Å². The molecule has 1 saturated heterocycles. The summed E-state index contributed by atoms with van der Waals surface area (Å²) in [6.07, 6.45) is 7.67. The number of rotatable bonds is 0. The van der Waals surface area contributed by atoms with Gasteiger partial charge in [0, 0.05) is 19.2 Å². The van der Waals surface area contributed by atoms with E-state index < -0.39 is 6.09 Å². The van der Waals surface area contributed by atoms with Crippen molar-refractivity contribution in [2.45, 2.75) is 38.5 Å². The molecule has 1 aliphatic heterocycles. The molecule has 2 spiro atoms. The number of nitrogens with zero attached hydrogens (tertiary/aromatic N) is 2. The molecule has 0 aromatic carbocycles. The maximum atomic E-state index is 10.9. The summed E-state index contributed by atoms with van der Waals surface area (Å²) in [5.41, 5.74) is 2.20. The molecule has 3 aliphatic rings. The van der Waals surface area contributed by atoms with E-state index in [2.05, 4.69) is 6.07 Å². The smallest absolute Gasteiger partial charge is 0.407 e. The third-order valence-electron chi connectivity index (χ3n) is 5.07. The van der Waals surface area contributed by atoms with Crippen LogP contribution in [-0.2, 0) is 0 Å². The maximum absolute atomic E-state index is 10.9. The van der Waals surface area contributed by atoms with Gasteiger partial charge in [-0.1, -0.05) is 5.57 Å². The number of likely N-dealkylation sites (tertiary alicyclic amines) is 1. The van der Waals surface area contributed by atoms with Crippen molar-refractivity contribution in [1.29, 1.82) is 5.26 Å². The zero-order chi connectivity index (χ0) is 12.8. The average molecular weight is 246 g/mol. The summed E-state index contributed by atoms with van der Waals surface area (Å²) in [5, 5.41) is 17.5. The second-order valence-corrected chi connectivity index (χ2v) is 6.41. The summed E-state index contributed by atoms with van der Waals surface area (Å²) in [4.78, 5) is 12.4. The second kappa shape index (κ2) is 3.74. The third kappa shape index (κ3) is 1.69. The Bertz CT molecular complexity index is 435. The largest absolute Gasteiger partial charge is 0.465 e. The van der Waals surface area contributed by atoms with Gasteiger partial charge in [-0.15, -0.1) is 0 Å². The lowest BCUT2D eigenvalue weighted by Crippen LogP contribution is -2.56. The standard InChI is InChI=1S/C14H18N2O2/c15-4-1-11-7-14(8-11)9-13(10-14)2-5-16(6-3-13)12(17)18/h1H,2-3,5-10H2,(H,17,18). The lowest BCUT2D eigenvalue weighted by molar-refractivity contribution is -0.0991. The Morgan fingerprint density at radius 1 is 1.28 bits per heavy atom. The molecule has 0 aromatic heterocycles. The first-order chi connectivity index (χ1) is 8.56. The fourth-order valence-electron chi connectivity index (χ4n) is 4.42. The van der Waals surface area contributed by atoms with Crippen molar-refractivity contribution in [3.05, 3.63) is 11.6 Å². The molecule has 0 radical (unpaired) electrons. The zero-order valence-electron chi connectivity index (χ0n) is 10.5. The molecule has 4 nitrogen and oxygen atoms in total. The van der Waals surface area contributed by atoms with Gasteiger partial charge in [0.1, 0.15) is 0 Å². The summed E-state index contributed by atoms with van der Waals surface area (Å²) < 4.78 is 0. The zero-order valence-corrected chi connectivity index (χ0v) is 10.5. The van der Waals surface area contributed by atoms with Crippen molar-refractivity contribution in [2.24, 2.45) is 10.8 Å². The van der Waals surface area contributed by atoms with E-state index in [9.17, 15) is 4.79 Å². The number of hydrogen-bond donors (Lipinski definition) is 1. The number of hydrogen-bond acceptors (Lipinski definition) is 2. The first-order valence-corrected chi connectivity index (χ1v) is 6.62. The normalized spacial score (nSPS) is 27.3. The minimum atomic E-state index is -0.776. The van der Waals surface area contributed by atoms with Crippen LogP contribution in [0.15, 0.2) is 11.6 Å². The number of nitriles is 1. The van der Waals surface area contributed by atoms with Crippen molar-refractivity contribution in [1.82, 2.24) is 4.90 Å². The SMILES string of the molecule is N#CC=C1CC2(C1)CC1(CCN(C(=O)O)CC1)C2. The molecule has 1 amide bonds. The highest BCUT2D eigenvalue weighted by atomic mass is 16.4. The van der Waals surface area contributed by atoms with Crippen LogP contribution in [0.25, 0.3) is 0 Å². The van der Waals surface area contributed by atoms with Gasteiger partial charge in [-0.2, -0.15) is 5.26 Å². The topological polar surface area (TPSA) is 64.3 Å². The van der Waals surface area contributed by atoms with Gasteiger partial charge in [0.2, 0.25) is 0 Å². The molecule has 0 unspecified atom stereocenters. The summed E-state index contributed by atoms with van der Waals surface area (Å²) >= 11 is 0. The number of amides is 1.